The van der Waals surface area contributed by atoms with Crippen molar-refractivity contribution in [2.45, 2.75) is 57.6 Å². The SMILES string of the molecule is COC1(C)CCCN(C2(CN)CC(C(C)C)C2)C1. The van der Waals surface area contributed by atoms with Crippen LogP contribution in [-0.2, 0) is 4.74 Å². The predicted molar refractivity (Wildman–Crippen MR) is 75.6 cm³/mol. The Balaban J connectivity index is 2.01. The van der Waals surface area contributed by atoms with E-state index in [-0.39, 0.29) is 11.1 Å². The largest absolute Gasteiger partial charge is 0.377 e. The summed E-state index contributed by atoms with van der Waals surface area (Å²) in [5.41, 5.74) is 6.41. The molecule has 1 heterocycles. The van der Waals surface area contributed by atoms with Crippen LogP contribution in [0.25, 0.3) is 0 Å². The molecule has 1 atom stereocenters. The van der Waals surface area contributed by atoms with Gasteiger partial charge in [-0.05, 0) is 51.0 Å². The normalized spacial score (nSPS) is 42.0. The molecule has 2 rings (SSSR count). The molecular weight excluding hydrogens is 224 g/mol. The van der Waals surface area contributed by atoms with Gasteiger partial charge in [-0.3, -0.25) is 4.90 Å². The van der Waals surface area contributed by atoms with Gasteiger partial charge in [0, 0.05) is 25.7 Å². The molecule has 0 aromatic rings. The summed E-state index contributed by atoms with van der Waals surface area (Å²) in [4.78, 5) is 2.62. The molecular formula is C15H30N2O. The molecule has 1 aliphatic heterocycles. The van der Waals surface area contributed by atoms with E-state index in [9.17, 15) is 0 Å². The van der Waals surface area contributed by atoms with Gasteiger partial charge in [0.15, 0.2) is 0 Å². The van der Waals surface area contributed by atoms with Crippen molar-refractivity contribution in [3.05, 3.63) is 0 Å². The van der Waals surface area contributed by atoms with E-state index in [1.165, 1.54) is 32.2 Å². The molecule has 2 aliphatic rings. The highest BCUT2D eigenvalue weighted by atomic mass is 16.5. The zero-order chi connectivity index (χ0) is 13.4. The second kappa shape index (κ2) is 5.10. The lowest BCUT2D eigenvalue weighted by Crippen LogP contribution is -2.66. The Morgan fingerprint density at radius 3 is 2.56 bits per heavy atom. The van der Waals surface area contributed by atoms with Crippen LogP contribution in [-0.4, -0.2) is 42.8 Å². The van der Waals surface area contributed by atoms with Crippen molar-refractivity contribution in [2.75, 3.05) is 26.7 Å². The van der Waals surface area contributed by atoms with Crippen LogP contribution in [0.3, 0.4) is 0 Å². The minimum atomic E-state index is 0.0311. The van der Waals surface area contributed by atoms with E-state index in [2.05, 4.69) is 25.7 Å². The molecule has 106 valence electrons. The third kappa shape index (κ3) is 2.45. The smallest absolute Gasteiger partial charge is 0.0777 e. The Morgan fingerprint density at radius 2 is 2.06 bits per heavy atom. The molecule has 3 heteroatoms. The monoisotopic (exact) mass is 254 g/mol. The first kappa shape index (κ1) is 14.3. The lowest BCUT2D eigenvalue weighted by atomic mass is 9.62. The molecule has 0 bridgehead atoms. The molecule has 0 aromatic heterocycles. The Morgan fingerprint density at radius 1 is 1.39 bits per heavy atom. The number of nitrogens with zero attached hydrogens (tertiary/aromatic N) is 1. The third-order valence-electron chi connectivity index (χ3n) is 5.43. The highest BCUT2D eigenvalue weighted by Crippen LogP contribution is 2.47. The maximum Gasteiger partial charge on any atom is 0.0777 e. The average molecular weight is 254 g/mol. The summed E-state index contributed by atoms with van der Waals surface area (Å²) in [7, 11) is 1.84. The highest BCUT2D eigenvalue weighted by molar-refractivity contribution is 5.06. The number of rotatable bonds is 4. The van der Waals surface area contributed by atoms with Crippen LogP contribution >= 0.6 is 0 Å². The molecule has 0 spiro atoms. The van der Waals surface area contributed by atoms with Crippen LogP contribution in [0, 0.1) is 11.8 Å². The molecule has 0 amide bonds. The number of piperidine rings is 1. The predicted octanol–water partition coefficient (Wildman–Crippen LogP) is 2.25. The van der Waals surface area contributed by atoms with Crippen LogP contribution in [0.5, 0.6) is 0 Å². The van der Waals surface area contributed by atoms with Gasteiger partial charge in [0.2, 0.25) is 0 Å². The second-order valence-electron chi connectivity index (χ2n) is 7.02. The topological polar surface area (TPSA) is 38.5 Å². The summed E-state index contributed by atoms with van der Waals surface area (Å²) < 4.78 is 5.71. The van der Waals surface area contributed by atoms with Crippen LogP contribution in [0.4, 0.5) is 0 Å². The fraction of sp³-hybridized carbons (Fsp3) is 1.00. The third-order valence-corrected chi connectivity index (χ3v) is 5.43. The highest BCUT2D eigenvalue weighted by Gasteiger charge is 2.50. The van der Waals surface area contributed by atoms with Gasteiger partial charge in [-0.15, -0.1) is 0 Å². The number of nitrogens with two attached hydrogens (primary N) is 1. The zero-order valence-corrected chi connectivity index (χ0v) is 12.5. The number of likely N-dealkylation sites (tertiary alicyclic amines) is 1. The lowest BCUT2D eigenvalue weighted by molar-refractivity contribution is -0.115. The molecule has 1 saturated carbocycles. The van der Waals surface area contributed by atoms with Crippen molar-refractivity contribution in [3.63, 3.8) is 0 Å². The lowest BCUT2D eigenvalue weighted by Gasteiger charge is -2.58. The van der Waals surface area contributed by atoms with Gasteiger partial charge in [0.05, 0.1) is 5.60 Å². The Kier molecular flexibility index (Phi) is 4.05. The second-order valence-corrected chi connectivity index (χ2v) is 7.02. The average Bonchev–Trinajstić information content (AvgIpc) is 2.28. The van der Waals surface area contributed by atoms with Crippen LogP contribution in [0.2, 0.25) is 0 Å². The Bertz CT molecular complexity index is 286. The molecule has 1 aliphatic carbocycles. The van der Waals surface area contributed by atoms with Crippen molar-refractivity contribution in [1.29, 1.82) is 0 Å². The molecule has 18 heavy (non-hydrogen) atoms. The summed E-state index contributed by atoms with van der Waals surface area (Å²) >= 11 is 0. The molecule has 0 aromatic carbocycles. The summed E-state index contributed by atoms with van der Waals surface area (Å²) in [5, 5.41) is 0. The summed E-state index contributed by atoms with van der Waals surface area (Å²) in [6.07, 6.45) is 4.97. The van der Waals surface area contributed by atoms with E-state index >= 15 is 0 Å². The van der Waals surface area contributed by atoms with Crippen LogP contribution in [0.15, 0.2) is 0 Å². The van der Waals surface area contributed by atoms with Crippen molar-refractivity contribution >= 4 is 0 Å². The van der Waals surface area contributed by atoms with Gasteiger partial charge in [-0.1, -0.05) is 13.8 Å². The molecule has 0 radical (unpaired) electrons. The van der Waals surface area contributed by atoms with E-state index in [0.717, 1.165) is 24.9 Å². The molecule has 1 unspecified atom stereocenters. The first-order chi connectivity index (χ1) is 8.45. The fourth-order valence-electron chi connectivity index (χ4n) is 3.72. The van der Waals surface area contributed by atoms with Gasteiger partial charge >= 0.3 is 0 Å². The minimum Gasteiger partial charge on any atom is -0.377 e. The van der Waals surface area contributed by atoms with Crippen LogP contribution < -0.4 is 5.73 Å². The van der Waals surface area contributed by atoms with Crippen molar-refractivity contribution in [2.24, 2.45) is 17.6 Å². The van der Waals surface area contributed by atoms with Crippen molar-refractivity contribution < 1.29 is 4.74 Å². The van der Waals surface area contributed by atoms with E-state index in [1.807, 2.05) is 7.11 Å². The molecule has 3 nitrogen and oxygen atoms in total. The van der Waals surface area contributed by atoms with Crippen LogP contribution in [0.1, 0.15) is 46.5 Å². The van der Waals surface area contributed by atoms with E-state index in [4.69, 9.17) is 10.5 Å². The molecule has 2 N–H and O–H groups in total. The summed E-state index contributed by atoms with van der Waals surface area (Å²) in [5.74, 6) is 1.66. The first-order valence-electron chi connectivity index (χ1n) is 7.45. The maximum atomic E-state index is 6.11. The van der Waals surface area contributed by atoms with Crippen molar-refractivity contribution in [1.82, 2.24) is 4.90 Å². The maximum absolute atomic E-state index is 6.11. The van der Waals surface area contributed by atoms with Gasteiger partial charge in [0.25, 0.3) is 0 Å². The molecule has 2 fully saturated rings. The van der Waals surface area contributed by atoms with Gasteiger partial charge < -0.3 is 10.5 Å². The van der Waals surface area contributed by atoms with Crippen molar-refractivity contribution in [3.8, 4) is 0 Å². The van der Waals surface area contributed by atoms with Gasteiger partial charge in [-0.2, -0.15) is 0 Å². The zero-order valence-electron chi connectivity index (χ0n) is 12.5. The van der Waals surface area contributed by atoms with E-state index in [0.29, 0.717) is 0 Å². The van der Waals surface area contributed by atoms with Gasteiger partial charge in [0.1, 0.15) is 0 Å². The fourth-order valence-corrected chi connectivity index (χ4v) is 3.72. The first-order valence-corrected chi connectivity index (χ1v) is 7.45. The summed E-state index contributed by atoms with van der Waals surface area (Å²) in [6, 6.07) is 0. The number of methoxy groups -OCH3 is 1. The Labute approximate surface area is 112 Å². The number of hydrogen-bond acceptors (Lipinski definition) is 3. The number of ether oxygens (including phenoxy) is 1. The molecule has 1 saturated heterocycles. The quantitative estimate of drug-likeness (QED) is 0.836. The summed E-state index contributed by atoms with van der Waals surface area (Å²) in [6.45, 7) is 9.95. The van der Waals surface area contributed by atoms with Gasteiger partial charge in [-0.25, -0.2) is 0 Å². The Hall–Kier alpha value is -0.120. The minimum absolute atomic E-state index is 0.0311. The number of hydrogen-bond donors (Lipinski definition) is 1. The van der Waals surface area contributed by atoms with E-state index in [1.54, 1.807) is 0 Å². The van der Waals surface area contributed by atoms with E-state index < -0.39 is 0 Å². The standard InChI is InChI=1S/C15H30N2O/c1-12(2)13-8-15(9-13,10-16)17-7-5-6-14(3,11-17)18-4/h12-13H,5-11,16H2,1-4H3.